The number of likely N-dealkylation sites (tertiary alicyclic amines) is 1. The molecule has 1 saturated heterocycles. The van der Waals surface area contributed by atoms with E-state index >= 15 is 0 Å². The first-order chi connectivity index (χ1) is 19.3. The van der Waals surface area contributed by atoms with Crippen molar-refractivity contribution < 1.29 is 19.1 Å². The number of amides is 2. The van der Waals surface area contributed by atoms with Crippen LogP contribution in [0.4, 0.5) is 4.79 Å². The van der Waals surface area contributed by atoms with Crippen LogP contribution in [0, 0.1) is 6.92 Å². The third kappa shape index (κ3) is 5.33. The summed E-state index contributed by atoms with van der Waals surface area (Å²) >= 11 is 1.59. The lowest BCUT2D eigenvalue weighted by Crippen LogP contribution is -2.44. The molecule has 2 fully saturated rings. The third-order valence-electron chi connectivity index (χ3n) is 7.42. The lowest BCUT2D eigenvalue weighted by Gasteiger charge is -2.25. The van der Waals surface area contributed by atoms with E-state index in [-0.39, 0.29) is 23.7 Å². The van der Waals surface area contributed by atoms with Gasteiger partial charge < -0.3 is 19.7 Å². The average molecular weight is 559 g/mol. The fourth-order valence-electron chi connectivity index (χ4n) is 5.29. The van der Waals surface area contributed by atoms with Crippen LogP contribution in [0.5, 0.6) is 0 Å². The molecule has 2 N–H and O–H groups in total. The first-order valence-electron chi connectivity index (χ1n) is 13.4. The molecule has 40 heavy (non-hydrogen) atoms. The molecule has 1 aliphatic carbocycles. The molecule has 2 amide bonds. The van der Waals surface area contributed by atoms with Crippen molar-refractivity contribution in [2.75, 3.05) is 6.54 Å². The van der Waals surface area contributed by atoms with Gasteiger partial charge in [-0.25, -0.2) is 14.8 Å². The summed E-state index contributed by atoms with van der Waals surface area (Å²) in [7, 11) is 0. The smallest absolute Gasteiger partial charge is 0.405 e. The quantitative estimate of drug-likeness (QED) is 0.290. The van der Waals surface area contributed by atoms with Crippen molar-refractivity contribution in [3.8, 4) is 11.6 Å². The Balaban J connectivity index is 1.33. The van der Waals surface area contributed by atoms with Crippen LogP contribution in [0.1, 0.15) is 82.8 Å². The molecule has 0 unspecified atom stereocenters. The van der Waals surface area contributed by atoms with E-state index in [0.29, 0.717) is 30.1 Å². The molecule has 0 spiro atoms. The van der Waals surface area contributed by atoms with Crippen LogP contribution in [0.3, 0.4) is 0 Å². The van der Waals surface area contributed by atoms with Gasteiger partial charge in [0.25, 0.3) is 11.8 Å². The van der Waals surface area contributed by atoms with Crippen LogP contribution in [0.2, 0.25) is 0 Å². The number of carbonyl (C=O) groups is 2. The number of aromatic nitrogens is 4. The van der Waals surface area contributed by atoms with E-state index in [0.717, 1.165) is 47.6 Å². The Hall–Kier alpha value is -4.12. The normalized spacial score (nSPS) is 18.4. The fourth-order valence-corrected chi connectivity index (χ4v) is 6.24. The van der Waals surface area contributed by atoms with Crippen LogP contribution in [0.15, 0.2) is 52.3 Å². The molecule has 4 heterocycles. The molecular formula is C29H30N6O4S. The Labute approximate surface area is 235 Å². The Kier molecular flexibility index (Phi) is 6.83. The summed E-state index contributed by atoms with van der Waals surface area (Å²) in [5.41, 5.74) is 2.48. The fraction of sp³-hybridized carbons (Fsp3) is 0.379. The number of benzene rings is 1. The Morgan fingerprint density at radius 3 is 2.65 bits per heavy atom. The van der Waals surface area contributed by atoms with Gasteiger partial charge >= 0.3 is 6.09 Å². The van der Waals surface area contributed by atoms with E-state index in [9.17, 15) is 14.7 Å². The van der Waals surface area contributed by atoms with Gasteiger partial charge in [-0.15, -0.1) is 21.5 Å². The van der Waals surface area contributed by atoms with Gasteiger partial charge in [-0.1, -0.05) is 30.3 Å². The minimum Gasteiger partial charge on any atom is -0.465 e. The van der Waals surface area contributed by atoms with Gasteiger partial charge in [-0.05, 0) is 57.2 Å². The highest BCUT2D eigenvalue weighted by atomic mass is 32.1. The highest BCUT2D eigenvalue weighted by Crippen LogP contribution is 2.41. The molecule has 4 aromatic rings. The van der Waals surface area contributed by atoms with Gasteiger partial charge in [0.15, 0.2) is 0 Å². The van der Waals surface area contributed by atoms with E-state index < -0.39 is 11.6 Å². The van der Waals surface area contributed by atoms with E-state index in [1.165, 1.54) is 0 Å². The zero-order valence-corrected chi connectivity index (χ0v) is 23.1. The van der Waals surface area contributed by atoms with Gasteiger partial charge in [0, 0.05) is 41.2 Å². The number of carboxylic acid groups (broad SMARTS) is 1. The largest absolute Gasteiger partial charge is 0.465 e. The van der Waals surface area contributed by atoms with Crippen LogP contribution >= 0.6 is 11.3 Å². The van der Waals surface area contributed by atoms with Crippen molar-refractivity contribution >= 4 is 23.3 Å². The SMILES string of the molecule is Cc1csc([C@H]2CCCN2C(=O)c2cc(-c3nnc([C@@](C)(Cc4ccccc4)NC(=O)O)o3)nc(C3CC3)c2)n1. The van der Waals surface area contributed by atoms with Gasteiger partial charge in [0.1, 0.15) is 16.2 Å². The minimum atomic E-state index is -1.20. The summed E-state index contributed by atoms with van der Waals surface area (Å²) < 4.78 is 6.07. The Bertz CT molecular complexity index is 1550. The first-order valence-corrected chi connectivity index (χ1v) is 14.3. The number of aryl methyl sites for hydroxylation is 1. The zero-order chi connectivity index (χ0) is 27.9. The first kappa shape index (κ1) is 26.1. The number of pyridine rings is 1. The second-order valence-corrected chi connectivity index (χ2v) is 11.7. The number of thiazole rings is 1. The number of hydrogen-bond donors (Lipinski definition) is 2. The third-order valence-corrected chi connectivity index (χ3v) is 8.49. The van der Waals surface area contributed by atoms with E-state index in [1.807, 2.05) is 53.6 Å². The average Bonchev–Trinajstić information content (AvgIpc) is 3.29. The van der Waals surface area contributed by atoms with E-state index in [2.05, 4.69) is 20.5 Å². The van der Waals surface area contributed by atoms with Crippen molar-refractivity contribution in [2.45, 2.75) is 63.5 Å². The monoisotopic (exact) mass is 558 g/mol. The number of nitrogens with one attached hydrogen (secondary N) is 1. The van der Waals surface area contributed by atoms with Crippen LogP contribution < -0.4 is 5.32 Å². The van der Waals surface area contributed by atoms with Crippen molar-refractivity contribution in [3.05, 3.63) is 81.3 Å². The van der Waals surface area contributed by atoms with Crippen molar-refractivity contribution in [2.24, 2.45) is 0 Å². The van der Waals surface area contributed by atoms with Crippen molar-refractivity contribution in [1.29, 1.82) is 0 Å². The lowest BCUT2D eigenvalue weighted by atomic mass is 9.93. The van der Waals surface area contributed by atoms with Gasteiger partial charge in [-0.2, -0.15) is 0 Å². The molecule has 1 aromatic carbocycles. The maximum atomic E-state index is 13.8. The minimum absolute atomic E-state index is 0.0389. The van der Waals surface area contributed by atoms with Crippen LogP contribution in [0.25, 0.3) is 11.6 Å². The topological polar surface area (TPSA) is 134 Å². The maximum Gasteiger partial charge on any atom is 0.405 e. The standard InChI is InChI=1S/C29H30N6O4S/c1-17-16-40-25(30-17)23-9-6-12-35(23)26(36)20-13-21(19-10-11-19)31-22(14-20)24-33-34-27(39-24)29(2,32-28(37)38)15-18-7-4-3-5-8-18/h3-5,7-8,13-14,16,19,23,32H,6,9-12,15H2,1-2H3,(H,37,38)/t23-,29-/m1/s1. The van der Waals surface area contributed by atoms with E-state index in [1.54, 1.807) is 24.3 Å². The molecule has 1 saturated carbocycles. The van der Waals surface area contributed by atoms with E-state index in [4.69, 9.17) is 9.40 Å². The molecule has 11 heteroatoms. The highest BCUT2D eigenvalue weighted by molar-refractivity contribution is 7.09. The number of rotatable bonds is 8. The summed E-state index contributed by atoms with van der Waals surface area (Å²) in [5, 5.41) is 23.6. The molecule has 1 aliphatic heterocycles. The van der Waals surface area contributed by atoms with Gasteiger partial charge in [0.2, 0.25) is 5.89 Å². The molecule has 10 nitrogen and oxygen atoms in total. The second-order valence-electron chi connectivity index (χ2n) is 10.8. The number of hydrogen-bond acceptors (Lipinski definition) is 8. The molecule has 6 rings (SSSR count). The number of carbonyl (C=O) groups excluding carboxylic acids is 1. The molecule has 206 valence electrons. The summed E-state index contributed by atoms with van der Waals surface area (Å²) in [6.07, 6.45) is 2.95. The van der Waals surface area contributed by atoms with Crippen LogP contribution in [-0.2, 0) is 12.0 Å². The maximum absolute atomic E-state index is 13.8. The summed E-state index contributed by atoms with van der Waals surface area (Å²) in [6, 6.07) is 13.1. The lowest BCUT2D eigenvalue weighted by molar-refractivity contribution is 0.0735. The predicted octanol–water partition coefficient (Wildman–Crippen LogP) is 5.48. The molecule has 0 radical (unpaired) electrons. The highest BCUT2D eigenvalue weighted by Gasteiger charge is 2.37. The summed E-state index contributed by atoms with van der Waals surface area (Å²) in [5.74, 6) is 0.495. The molecular weight excluding hydrogens is 528 g/mol. The predicted molar refractivity (Wildman–Crippen MR) is 148 cm³/mol. The van der Waals surface area contributed by atoms with Gasteiger partial charge in [-0.3, -0.25) is 4.79 Å². The summed E-state index contributed by atoms with van der Waals surface area (Å²) in [4.78, 5) is 36.9. The second kappa shape index (κ2) is 10.5. The zero-order valence-electron chi connectivity index (χ0n) is 22.3. The summed E-state index contributed by atoms with van der Waals surface area (Å²) in [6.45, 7) is 4.35. The van der Waals surface area contributed by atoms with Crippen molar-refractivity contribution in [1.82, 2.24) is 30.4 Å². The molecule has 0 bridgehead atoms. The number of nitrogens with zero attached hydrogens (tertiary/aromatic N) is 5. The Morgan fingerprint density at radius 1 is 1.15 bits per heavy atom. The molecule has 3 aromatic heterocycles. The van der Waals surface area contributed by atoms with Gasteiger partial charge in [0.05, 0.1) is 6.04 Å². The molecule has 2 aliphatic rings. The van der Waals surface area contributed by atoms with Crippen molar-refractivity contribution in [3.63, 3.8) is 0 Å². The Morgan fingerprint density at radius 2 is 1.95 bits per heavy atom. The van der Waals surface area contributed by atoms with Crippen LogP contribution in [-0.4, -0.2) is 48.7 Å². The molecule has 2 atom stereocenters.